The molecule has 2 aromatic carbocycles. The molecule has 0 radical (unpaired) electrons. The lowest BCUT2D eigenvalue weighted by atomic mass is 10.1. The summed E-state index contributed by atoms with van der Waals surface area (Å²) in [6, 6.07) is 15.4. The average molecular weight is 432 g/mol. The summed E-state index contributed by atoms with van der Waals surface area (Å²) < 4.78 is 13.0. The maximum atomic E-state index is 13.0. The molecule has 160 valence electrons. The number of nitrogens with zero attached hydrogens (tertiary/aromatic N) is 5. The number of hydrogen-bond acceptors (Lipinski definition) is 6. The van der Waals surface area contributed by atoms with Crippen LogP contribution in [0.15, 0.2) is 66.9 Å². The van der Waals surface area contributed by atoms with Gasteiger partial charge in [-0.05, 0) is 52.7 Å². The molecule has 0 aliphatic rings. The van der Waals surface area contributed by atoms with Gasteiger partial charge in [0.25, 0.3) is 5.91 Å². The summed E-state index contributed by atoms with van der Waals surface area (Å²) in [6.45, 7) is 0.552. The summed E-state index contributed by atoms with van der Waals surface area (Å²) in [6.07, 6.45) is 1.48. The lowest BCUT2D eigenvalue weighted by molar-refractivity contribution is 0.0696. The normalized spacial score (nSPS) is 10.7. The topological polar surface area (TPSA) is 123 Å². The Balaban J connectivity index is 1.42. The number of carbonyl (C=O) groups excluding carboxylic acids is 1. The van der Waals surface area contributed by atoms with Gasteiger partial charge in [-0.15, -0.1) is 10.2 Å². The summed E-state index contributed by atoms with van der Waals surface area (Å²) >= 11 is 0. The quantitative estimate of drug-likeness (QED) is 0.460. The monoisotopic (exact) mass is 432 g/mol. The van der Waals surface area contributed by atoms with Crippen molar-refractivity contribution in [1.82, 2.24) is 30.5 Å². The van der Waals surface area contributed by atoms with Gasteiger partial charge < -0.3 is 10.4 Å². The molecule has 9 nitrogen and oxygen atoms in total. The van der Waals surface area contributed by atoms with Crippen LogP contribution in [0.1, 0.15) is 31.8 Å². The highest BCUT2D eigenvalue weighted by molar-refractivity contribution is 5.94. The van der Waals surface area contributed by atoms with Crippen molar-refractivity contribution in [3.05, 3.63) is 94.9 Å². The molecule has 0 spiro atoms. The minimum atomic E-state index is -0.995. The van der Waals surface area contributed by atoms with Crippen molar-refractivity contribution in [1.29, 1.82) is 0 Å². The van der Waals surface area contributed by atoms with Crippen LogP contribution >= 0.6 is 0 Å². The zero-order valence-corrected chi connectivity index (χ0v) is 16.6. The number of benzene rings is 2. The first-order valence-corrected chi connectivity index (χ1v) is 9.57. The van der Waals surface area contributed by atoms with Crippen LogP contribution in [-0.2, 0) is 13.1 Å². The van der Waals surface area contributed by atoms with E-state index in [1.165, 1.54) is 35.3 Å². The first kappa shape index (κ1) is 20.8. The molecule has 0 aliphatic heterocycles. The summed E-state index contributed by atoms with van der Waals surface area (Å²) in [4.78, 5) is 29.0. The molecular weight excluding hydrogens is 415 g/mol. The van der Waals surface area contributed by atoms with E-state index in [1.54, 1.807) is 36.4 Å². The second-order valence-electron chi connectivity index (χ2n) is 6.88. The predicted molar refractivity (Wildman–Crippen MR) is 111 cm³/mol. The third-order valence-electron chi connectivity index (χ3n) is 4.60. The Morgan fingerprint density at radius 1 is 0.969 bits per heavy atom. The molecule has 2 aromatic heterocycles. The highest BCUT2D eigenvalue weighted by atomic mass is 19.1. The van der Waals surface area contributed by atoms with Crippen molar-refractivity contribution in [2.75, 3.05) is 0 Å². The zero-order valence-electron chi connectivity index (χ0n) is 16.6. The number of pyridine rings is 1. The number of hydrogen-bond donors (Lipinski definition) is 2. The number of carbonyl (C=O) groups is 2. The molecule has 2 N–H and O–H groups in total. The lowest BCUT2D eigenvalue weighted by Crippen LogP contribution is -2.22. The molecule has 0 unspecified atom stereocenters. The lowest BCUT2D eigenvalue weighted by Gasteiger charge is -2.06. The van der Waals surface area contributed by atoms with E-state index in [9.17, 15) is 14.0 Å². The highest BCUT2D eigenvalue weighted by Crippen LogP contribution is 2.13. The van der Waals surface area contributed by atoms with Crippen LogP contribution < -0.4 is 5.32 Å². The molecule has 32 heavy (non-hydrogen) atoms. The van der Waals surface area contributed by atoms with Crippen LogP contribution in [0, 0.1) is 5.82 Å². The molecule has 0 fully saturated rings. The van der Waals surface area contributed by atoms with Gasteiger partial charge in [0, 0.05) is 18.3 Å². The Morgan fingerprint density at radius 3 is 2.41 bits per heavy atom. The second kappa shape index (κ2) is 9.13. The van der Waals surface area contributed by atoms with Crippen LogP contribution in [0.5, 0.6) is 0 Å². The average Bonchev–Trinajstić information content (AvgIpc) is 3.27. The molecule has 10 heteroatoms. The Morgan fingerprint density at radius 2 is 1.69 bits per heavy atom. The first-order valence-electron chi connectivity index (χ1n) is 9.57. The van der Waals surface area contributed by atoms with Gasteiger partial charge in [0.1, 0.15) is 11.5 Å². The van der Waals surface area contributed by atoms with E-state index in [1.807, 2.05) is 0 Å². The number of halogens is 1. The number of nitrogens with one attached hydrogen (secondary N) is 1. The molecule has 0 bridgehead atoms. The van der Waals surface area contributed by atoms with Gasteiger partial charge in [-0.25, -0.2) is 9.18 Å². The minimum Gasteiger partial charge on any atom is -0.478 e. The molecule has 2 heterocycles. The van der Waals surface area contributed by atoms with Crippen molar-refractivity contribution < 1.29 is 19.1 Å². The number of aromatic nitrogens is 5. The van der Waals surface area contributed by atoms with E-state index < -0.39 is 5.97 Å². The summed E-state index contributed by atoms with van der Waals surface area (Å²) in [7, 11) is 0. The van der Waals surface area contributed by atoms with Crippen LogP contribution in [0.2, 0.25) is 0 Å². The van der Waals surface area contributed by atoms with Crippen molar-refractivity contribution in [2.45, 2.75) is 13.1 Å². The second-order valence-corrected chi connectivity index (χ2v) is 6.88. The number of tetrazole rings is 1. The van der Waals surface area contributed by atoms with Gasteiger partial charge in [0.2, 0.25) is 5.82 Å². The van der Waals surface area contributed by atoms with E-state index >= 15 is 0 Å². The van der Waals surface area contributed by atoms with E-state index in [0.717, 1.165) is 11.1 Å². The van der Waals surface area contributed by atoms with E-state index in [-0.39, 0.29) is 29.7 Å². The molecule has 0 atom stereocenters. The fourth-order valence-corrected chi connectivity index (χ4v) is 2.91. The van der Waals surface area contributed by atoms with E-state index in [0.29, 0.717) is 17.8 Å². The fraction of sp³-hybridized carbons (Fsp3) is 0.0909. The fourth-order valence-electron chi connectivity index (χ4n) is 2.91. The van der Waals surface area contributed by atoms with Crippen molar-refractivity contribution >= 4 is 11.9 Å². The number of aromatic carboxylic acids is 1. The third-order valence-corrected chi connectivity index (χ3v) is 4.60. The smallest absolute Gasteiger partial charge is 0.335 e. The maximum Gasteiger partial charge on any atom is 0.335 e. The van der Waals surface area contributed by atoms with Gasteiger partial charge in [-0.2, -0.15) is 4.80 Å². The van der Waals surface area contributed by atoms with Crippen molar-refractivity contribution in [3.8, 4) is 11.5 Å². The Kier molecular flexibility index (Phi) is 5.93. The van der Waals surface area contributed by atoms with Crippen LogP contribution in [-0.4, -0.2) is 42.2 Å². The van der Waals surface area contributed by atoms with Crippen LogP contribution in [0.4, 0.5) is 4.39 Å². The molecule has 0 aliphatic carbocycles. The summed E-state index contributed by atoms with van der Waals surface area (Å²) in [5.41, 5.74) is 2.53. The van der Waals surface area contributed by atoms with Crippen molar-refractivity contribution in [3.63, 3.8) is 0 Å². The van der Waals surface area contributed by atoms with Gasteiger partial charge in [0.05, 0.1) is 12.1 Å². The Labute approximate surface area is 181 Å². The molecule has 0 saturated carbocycles. The molecule has 4 rings (SSSR count). The molecule has 1 amide bonds. The van der Waals surface area contributed by atoms with E-state index in [4.69, 9.17) is 5.11 Å². The third kappa shape index (κ3) is 4.98. The molecular formula is C22H17FN6O3. The van der Waals surface area contributed by atoms with Crippen LogP contribution in [0.3, 0.4) is 0 Å². The standard InChI is InChI=1S/C22H17FN6O3/c23-18-7-3-14(4-8-18)12-25-21(30)17-9-10-24-19(11-17)20-26-28-29(27-20)13-15-1-5-16(6-2-15)22(31)32/h1-11H,12-13H2,(H,25,30)(H,31,32). The Hall–Kier alpha value is -4.47. The SMILES string of the molecule is O=C(O)c1ccc(Cn2nnc(-c3cc(C(=O)NCc4ccc(F)cc4)ccn3)n2)cc1. The van der Waals surface area contributed by atoms with Crippen LogP contribution in [0.25, 0.3) is 11.5 Å². The summed E-state index contributed by atoms with van der Waals surface area (Å²) in [5.74, 6) is -1.40. The zero-order chi connectivity index (χ0) is 22.5. The van der Waals surface area contributed by atoms with Gasteiger partial charge >= 0.3 is 5.97 Å². The van der Waals surface area contributed by atoms with Crippen molar-refractivity contribution in [2.24, 2.45) is 0 Å². The summed E-state index contributed by atoms with van der Waals surface area (Å²) in [5, 5.41) is 24.0. The number of carboxylic acid groups (broad SMARTS) is 1. The number of rotatable bonds is 7. The highest BCUT2D eigenvalue weighted by Gasteiger charge is 2.12. The molecule has 0 saturated heterocycles. The minimum absolute atomic E-state index is 0.194. The largest absolute Gasteiger partial charge is 0.478 e. The number of amides is 1. The predicted octanol–water partition coefficient (Wildman–Crippen LogP) is 2.55. The Bertz CT molecular complexity index is 1260. The van der Waals surface area contributed by atoms with Gasteiger partial charge in [0.15, 0.2) is 0 Å². The number of carboxylic acids is 1. The van der Waals surface area contributed by atoms with Gasteiger partial charge in [-0.1, -0.05) is 24.3 Å². The molecule has 4 aromatic rings. The van der Waals surface area contributed by atoms with E-state index in [2.05, 4.69) is 25.7 Å². The maximum absolute atomic E-state index is 13.0. The first-order chi connectivity index (χ1) is 15.5. The van der Waals surface area contributed by atoms with Gasteiger partial charge in [-0.3, -0.25) is 9.78 Å².